The van der Waals surface area contributed by atoms with E-state index in [0.717, 1.165) is 28.1 Å². The second kappa shape index (κ2) is 14.7. The van der Waals surface area contributed by atoms with Crippen LogP contribution in [0, 0.1) is 0 Å². The van der Waals surface area contributed by atoms with Crippen molar-refractivity contribution in [1.82, 2.24) is 10.2 Å². The molecule has 0 bridgehead atoms. The van der Waals surface area contributed by atoms with E-state index in [1.54, 1.807) is 30.3 Å². The fourth-order valence-corrected chi connectivity index (χ4v) is 5.74. The number of halogens is 2. The predicted molar refractivity (Wildman–Crippen MR) is 167 cm³/mol. The maximum absolute atomic E-state index is 14.2. The minimum absolute atomic E-state index is 0.0171. The van der Waals surface area contributed by atoms with Gasteiger partial charge in [0, 0.05) is 19.5 Å². The number of nitrogens with zero attached hydrogens (tertiary/aromatic N) is 2. The summed E-state index contributed by atoms with van der Waals surface area (Å²) in [4.78, 5) is 29.2. The van der Waals surface area contributed by atoms with Gasteiger partial charge in [0.15, 0.2) is 0 Å². The number of para-hydroxylation sites is 1. The third-order valence-corrected chi connectivity index (χ3v) is 8.53. The Kier molecular flexibility index (Phi) is 11.6. The Balaban J connectivity index is 2.10. The van der Waals surface area contributed by atoms with Crippen LogP contribution < -0.4 is 9.62 Å². The lowest BCUT2D eigenvalue weighted by Crippen LogP contribution is -2.53. The number of benzene rings is 3. The minimum Gasteiger partial charge on any atom is -0.354 e. The lowest BCUT2D eigenvalue weighted by Gasteiger charge is -2.34. The molecule has 3 aromatic carbocycles. The largest absolute Gasteiger partial charge is 0.354 e. The molecule has 0 aliphatic rings. The Morgan fingerprint density at radius 1 is 0.902 bits per heavy atom. The van der Waals surface area contributed by atoms with Crippen molar-refractivity contribution in [2.24, 2.45) is 0 Å². The summed E-state index contributed by atoms with van der Waals surface area (Å²) in [5, 5.41) is 3.60. The molecule has 7 nitrogen and oxygen atoms in total. The fraction of sp³-hybridized carbons (Fsp3) is 0.355. The van der Waals surface area contributed by atoms with Crippen LogP contribution in [0.1, 0.15) is 49.8 Å². The van der Waals surface area contributed by atoms with Crippen molar-refractivity contribution in [2.45, 2.75) is 52.1 Å². The monoisotopic (exact) mass is 617 g/mol. The van der Waals surface area contributed by atoms with Gasteiger partial charge in [-0.05, 0) is 47.2 Å². The predicted octanol–water partition coefficient (Wildman–Crippen LogP) is 6.05. The van der Waals surface area contributed by atoms with Gasteiger partial charge < -0.3 is 10.2 Å². The molecular weight excluding hydrogens is 581 g/mol. The summed E-state index contributed by atoms with van der Waals surface area (Å²) in [6, 6.07) is 20.6. The first-order chi connectivity index (χ1) is 19.4. The van der Waals surface area contributed by atoms with Crippen molar-refractivity contribution in [1.29, 1.82) is 0 Å². The normalized spacial score (nSPS) is 12.2. The Morgan fingerprint density at radius 3 is 2.17 bits per heavy atom. The summed E-state index contributed by atoms with van der Waals surface area (Å²) < 4.78 is 27.3. The van der Waals surface area contributed by atoms with Gasteiger partial charge in [0.05, 0.1) is 22.0 Å². The molecule has 10 heteroatoms. The molecule has 0 radical (unpaired) electrons. The van der Waals surface area contributed by atoms with E-state index >= 15 is 0 Å². The van der Waals surface area contributed by atoms with Gasteiger partial charge in [0.25, 0.3) is 0 Å². The lowest BCUT2D eigenvalue weighted by atomic mass is 10.0. The first-order valence-corrected chi connectivity index (χ1v) is 16.1. The molecule has 41 heavy (non-hydrogen) atoms. The molecule has 0 aliphatic carbocycles. The summed E-state index contributed by atoms with van der Waals surface area (Å²) in [5.74, 6) is -0.825. The highest BCUT2D eigenvalue weighted by Gasteiger charge is 2.33. The van der Waals surface area contributed by atoms with Crippen LogP contribution in [0.4, 0.5) is 5.69 Å². The maximum atomic E-state index is 14.2. The van der Waals surface area contributed by atoms with Gasteiger partial charge in [-0.25, -0.2) is 8.42 Å². The van der Waals surface area contributed by atoms with Crippen molar-refractivity contribution in [3.63, 3.8) is 0 Å². The topological polar surface area (TPSA) is 86.8 Å². The first-order valence-electron chi connectivity index (χ1n) is 13.5. The van der Waals surface area contributed by atoms with Crippen molar-refractivity contribution >= 4 is 50.7 Å². The van der Waals surface area contributed by atoms with E-state index in [9.17, 15) is 18.0 Å². The van der Waals surface area contributed by atoms with Gasteiger partial charge in [-0.1, -0.05) is 98.6 Å². The van der Waals surface area contributed by atoms with Crippen LogP contribution in [0.2, 0.25) is 10.0 Å². The van der Waals surface area contributed by atoms with E-state index in [-0.39, 0.29) is 24.8 Å². The summed E-state index contributed by atoms with van der Waals surface area (Å²) in [5.41, 5.74) is 2.75. The molecule has 0 aromatic heterocycles. The highest BCUT2D eigenvalue weighted by molar-refractivity contribution is 7.92. The number of anilines is 1. The average molecular weight is 619 g/mol. The zero-order valence-electron chi connectivity index (χ0n) is 23.8. The van der Waals surface area contributed by atoms with E-state index in [1.165, 1.54) is 4.90 Å². The van der Waals surface area contributed by atoms with Gasteiger partial charge in [-0.3, -0.25) is 13.9 Å². The number of hydrogen-bond donors (Lipinski definition) is 1. The minimum atomic E-state index is -3.86. The smallest absolute Gasteiger partial charge is 0.244 e. The number of nitrogens with one attached hydrogen (secondary N) is 1. The van der Waals surface area contributed by atoms with E-state index in [2.05, 4.69) is 5.32 Å². The van der Waals surface area contributed by atoms with Crippen LogP contribution >= 0.6 is 23.2 Å². The molecule has 1 atom stereocenters. The Bertz CT molecular complexity index is 1450. The van der Waals surface area contributed by atoms with E-state index < -0.39 is 28.5 Å². The van der Waals surface area contributed by atoms with Gasteiger partial charge in [0.2, 0.25) is 21.8 Å². The van der Waals surface area contributed by atoms with Gasteiger partial charge >= 0.3 is 0 Å². The number of amides is 2. The summed E-state index contributed by atoms with van der Waals surface area (Å²) in [6.07, 6.45) is 2.04. The standard InChI is InChI=1S/C31H37Cl2N3O4S/c1-5-17-34-31(38)29(19-23-11-7-6-8-12-23)35(20-24-15-16-26(32)27(33)18-24)30(37)21-36(41(4,39)40)28-14-10-9-13-25(28)22(2)3/h6-16,18,22,29H,5,17,19-21H2,1-4H3,(H,34,38). The highest BCUT2D eigenvalue weighted by Crippen LogP contribution is 2.30. The molecule has 2 amide bonds. The van der Waals surface area contributed by atoms with E-state index in [1.807, 2.05) is 63.2 Å². The number of sulfonamides is 1. The molecule has 220 valence electrons. The molecule has 1 unspecified atom stereocenters. The van der Waals surface area contributed by atoms with Crippen molar-refractivity contribution in [3.05, 3.63) is 99.5 Å². The molecular formula is C31H37Cl2N3O4S. The average Bonchev–Trinajstić information content (AvgIpc) is 2.94. The van der Waals surface area contributed by atoms with E-state index in [4.69, 9.17) is 23.2 Å². The number of carbonyl (C=O) groups is 2. The summed E-state index contributed by atoms with van der Waals surface area (Å²) in [7, 11) is -3.86. The number of rotatable bonds is 13. The van der Waals surface area contributed by atoms with Crippen molar-refractivity contribution in [2.75, 3.05) is 23.7 Å². The molecule has 3 rings (SSSR count). The summed E-state index contributed by atoms with van der Waals surface area (Å²) in [6.45, 7) is 5.86. The van der Waals surface area contributed by atoms with Crippen LogP contribution in [0.5, 0.6) is 0 Å². The lowest BCUT2D eigenvalue weighted by molar-refractivity contribution is -0.140. The van der Waals surface area contributed by atoms with Crippen LogP contribution in [-0.4, -0.2) is 50.5 Å². The third-order valence-electron chi connectivity index (χ3n) is 6.66. The van der Waals surface area contributed by atoms with Crippen molar-refractivity contribution < 1.29 is 18.0 Å². The van der Waals surface area contributed by atoms with Crippen LogP contribution in [0.3, 0.4) is 0 Å². The van der Waals surface area contributed by atoms with Crippen LogP contribution in [0.25, 0.3) is 0 Å². The molecule has 0 saturated heterocycles. The maximum Gasteiger partial charge on any atom is 0.244 e. The molecule has 0 fully saturated rings. The molecule has 1 N–H and O–H groups in total. The zero-order chi connectivity index (χ0) is 30.2. The molecule has 0 aliphatic heterocycles. The van der Waals surface area contributed by atoms with Gasteiger partial charge in [0.1, 0.15) is 12.6 Å². The van der Waals surface area contributed by atoms with Gasteiger partial charge in [-0.2, -0.15) is 0 Å². The Morgan fingerprint density at radius 2 is 1.56 bits per heavy atom. The van der Waals surface area contributed by atoms with Gasteiger partial charge in [-0.15, -0.1) is 0 Å². The molecule has 0 spiro atoms. The zero-order valence-corrected chi connectivity index (χ0v) is 26.1. The Hall–Kier alpha value is -3.07. The second-order valence-electron chi connectivity index (χ2n) is 10.2. The summed E-state index contributed by atoms with van der Waals surface area (Å²) >= 11 is 12.4. The third kappa shape index (κ3) is 8.96. The highest BCUT2D eigenvalue weighted by atomic mass is 35.5. The number of hydrogen-bond acceptors (Lipinski definition) is 4. The second-order valence-corrected chi connectivity index (χ2v) is 13.0. The first kappa shape index (κ1) is 32.4. The Labute approximate surface area is 253 Å². The molecule has 3 aromatic rings. The van der Waals surface area contributed by atoms with E-state index in [0.29, 0.717) is 27.8 Å². The molecule has 0 saturated carbocycles. The number of carbonyl (C=O) groups excluding carboxylic acids is 2. The SMILES string of the molecule is CCCNC(=O)C(Cc1ccccc1)N(Cc1ccc(Cl)c(Cl)c1)C(=O)CN(c1ccccc1C(C)C)S(C)(=O)=O. The molecule has 0 heterocycles. The fourth-order valence-electron chi connectivity index (χ4n) is 4.55. The van der Waals surface area contributed by atoms with Crippen LogP contribution in [-0.2, 0) is 32.6 Å². The quantitative estimate of drug-likeness (QED) is 0.253. The van der Waals surface area contributed by atoms with Crippen molar-refractivity contribution in [3.8, 4) is 0 Å². The van der Waals surface area contributed by atoms with Crippen LogP contribution in [0.15, 0.2) is 72.8 Å².